The summed E-state index contributed by atoms with van der Waals surface area (Å²) in [6, 6.07) is 16.1. The number of aliphatic carboxylic acids is 1. The van der Waals surface area contributed by atoms with Crippen molar-refractivity contribution in [2.75, 3.05) is 26.4 Å². The first-order chi connectivity index (χ1) is 36.2. The Morgan fingerprint density at radius 1 is 0.560 bits per heavy atom. The number of amides is 1. The highest BCUT2D eigenvalue weighted by atomic mass is 16.6. The summed E-state index contributed by atoms with van der Waals surface area (Å²) in [7, 11) is 0. The van der Waals surface area contributed by atoms with E-state index in [4.69, 9.17) is 18.9 Å². The van der Waals surface area contributed by atoms with Crippen LogP contribution in [-0.2, 0) is 47.7 Å². The van der Waals surface area contributed by atoms with Gasteiger partial charge in [-0.1, -0.05) is 231 Å². The third-order valence-electron chi connectivity index (χ3n) is 15.1. The molecule has 0 radical (unpaired) electrons. The number of rotatable bonds is 44. The number of hydrogen-bond donors (Lipinski definition) is 2. The first-order valence-electron chi connectivity index (χ1n) is 29.6. The molecule has 4 unspecified atom stereocenters. The number of hydrogen-bond acceptors (Lipinski definition) is 10. The van der Waals surface area contributed by atoms with Crippen molar-refractivity contribution >= 4 is 35.8 Å². The summed E-state index contributed by atoms with van der Waals surface area (Å²) < 4.78 is 23.3. The van der Waals surface area contributed by atoms with Gasteiger partial charge in [-0.05, 0) is 59.8 Å². The Kier molecular flexibility index (Phi) is 32.6. The molecule has 4 atom stereocenters. The third-order valence-corrected chi connectivity index (χ3v) is 15.1. The van der Waals surface area contributed by atoms with Crippen molar-refractivity contribution in [3.63, 3.8) is 0 Å². The van der Waals surface area contributed by atoms with Crippen LogP contribution in [0.5, 0.6) is 0 Å². The van der Waals surface area contributed by atoms with E-state index in [0.717, 1.165) is 131 Å². The normalized spacial score (nSPS) is 13.7. The van der Waals surface area contributed by atoms with Crippen LogP contribution in [0.4, 0.5) is 0 Å². The molecule has 2 aromatic rings. The second-order valence-corrected chi connectivity index (χ2v) is 22.2. The molecular weight excluding hydrogens is 947 g/mol. The smallest absolute Gasteiger partial charge is 0.317 e. The molecule has 75 heavy (non-hydrogen) atoms. The monoisotopic (exact) mass is 1050 g/mol. The Morgan fingerprint density at radius 3 is 1.55 bits per heavy atom. The lowest BCUT2D eigenvalue weighted by Crippen LogP contribution is -2.50. The van der Waals surface area contributed by atoms with Crippen LogP contribution in [0.2, 0.25) is 0 Å². The number of carboxylic acids is 1. The van der Waals surface area contributed by atoms with E-state index < -0.39 is 59.6 Å². The third kappa shape index (κ3) is 25.8. The molecule has 0 saturated heterocycles. The lowest BCUT2D eigenvalue weighted by atomic mass is 9.83. The molecule has 1 amide bonds. The topological polar surface area (TPSA) is 172 Å². The summed E-state index contributed by atoms with van der Waals surface area (Å²) in [5.41, 5.74) is 3.06. The molecule has 0 aliphatic heterocycles. The Hall–Kier alpha value is -4.74. The summed E-state index contributed by atoms with van der Waals surface area (Å²) in [6.45, 7) is 11.9. The highest BCUT2D eigenvalue weighted by Crippen LogP contribution is 2.44. The number of nitrogens with one attached hydrogen (secondary N) is 1. The average molecular weight is 1050 g/mol. The number of fused-ring (bicyclic) bond motifs is 3. The van der Waals surface area contributed by atoms with Crippen LogP contribution in [0.15, 0.2) is 48.5 Å². The molecule has 3 rings (SSSR count). The molecule has 1 aliphatic rings. The predicted octanol–water partition coefficient (Wildman–Crippen LogP) is 14.8. The number of carbonyl (C=O) groups excluding carboxylic acids is 5. The number of benzene rings is 2. The van der Waals surface area contributed by atoms with Crippen LogP contribution in [0.3, 0.4) is 0 Å². The molecule has 12 nitrogen and oxygen atoms in total. The van der Waals surface area contributed by atoms with Crippen molar-refractivity contribution in [1.82, 2.24) is 5.32 Å². The van der Waals surface area contributed by atoms with Crippen LogP contribution in [0.1, 0.15) is 245 Å². The van der Waals surface area contributed by atoms with Gasteiger partial charge in [0.1, 0.15) is 19.6 Å². The minimum absolute atomic E-state index is 0.0440. The molecule has 1 aliphatic carbocycles. The van der Waals surface area contributed by atoms with Gasteiger partial charge >= 0.3 is 29.8 Å². The number of ether oxygens (including phenoxy) is 4. The van der Waals surface area contributed by atoms with Crippen molar-refractivity contribution in [1.29, 1.82) is 0 Å². The predicted molar refractivity (Wildman–Crippen MR) is 298 cm³/mol. The summed E-state index contributed by atoms with van der Waals surface area (Å²) in [6.07, 6.45) is 24.4. The molecule has 422 valence electrons. The molecule has 0 aromatic heterocycles. The Bertz CT molecular complexity index is 1920. The number of esters is 4. The molecule has 0 spiro atoms. The van der Waals surface area contributed by atoms with Gasteiger partial charge in [-0.15, -0.1) is 0 Å². The number of unbranched alkanes of at least 4 members (excludes halogenated alkanes) is 16. The van der Waals surface area contributed by atoms with Gasteiger partial charge in [0, 0.05) is 24.3 Å². The zero-order chi connectivity index (χ0) is 54.7. The number of carboxylic acid groups (broad SMARTS) is 1. The number of carbonyl (C=O) groups is 6. The summed E-state index contributed by atoms with van der Waals surface area (Å²) in [4.78, 5) is 80.2. The lowest BCUT2D eigenvalue weighted by Gasteiger charge is -2.33. The van der Waals surface area contributed by atoms with Crippen molar-refractivity contribution in [3.05, 3.63) is 59.7 Å². The highest BCUT2D eigenvalue weighted by molar-refractivity contribution is 5.91. The Morgan fingerprint density at radius 2 is 1.03 bits per heavy atom. The Balaban J connectivity index is 1.74. The maximum Gasteiger partial charge on any atom is 0.317 e. The maximum absolute atomic E-state index is 14.4. The zero-order valence-electron chi connectivity index (χ0n) is 47.4. The zero-order valence-corrected chi connectivity index (χ0v) is 47.4. The average Bonchev–Trinajstić information content (AvgIpc) is 3.71. The van der Waals surface area contributed by atoms with E-state index in [1.54, 1.807) is 13.8 Å². The lowest BCUT2D eigenvalue weighted by molar-refractivity contribution is -0.173. The molecule has 0 bridgehead atoms. The van der Waals surface area contributed by atoms with Gasteiger partial charge in [0.25, 0.3) is 5.91 Å². The first-order valence-corrected chi connectivity index (χ1v) is 29.6. The first kappa shape index (κ1) is 64.5. The molecular formula is C63H99NO11. The van der Waals surface area contributed by atoms with Gasteiger partial charge in [0.2, 0.25) is 0 Å². The molecule has 12 heteroatoms. The van der Waals surface area contributed by atoms with Crippen LogP contribution in [0, 0.1) is 23.2 Å². The van der Waals surface area contributed by atoms with Crippen molar-refractivity contribution in [2.45, 2.75) is 240 Å². The van der Waals surface area contributed by atoms with Crippen LogP contribution in [-0.4, -0.2) is 73.3 Å². The van der Waals surface area contributed by atoms with Gasteiger partial charge in [-0.2, -0.15) is 0 Å². The fourth-order valence-corrected chi connectivity index (χ4v) is 10.5. The Labute approximate surface area is 452 Å². The second-order valence-electron chi connectivity index (χ2n) is 22.2. The van der Waals surface area contributed by atoms with Crippen molar-refractivity contribution in [3.8, 4) is 11.1 Å². The van der Waals surface area contributed by atoms with Crippen LogP contribution < -0.4 is 5.32 Å². The van der Waals surface area contributed by atoms with Crippen LogP contribution in [0.25, 0.3) is 11.1 Å². The van der Waals surface area contributed by atoms with Gasteiger partial charge in [-0.25, -0.2) is 0 Å². The second kappa shape index (κ2) is 37.9. The molecule has 0 saturated carbocycles. The SMILES string of the molecule is CCCCCCCCC(CCCCCC)COC(=O)CC(=O)OCC(C)(C)C(OC(=O)C(CCC(=O)O)CC(CCCCCC)CCCCCCCC)C(=O)NCCC(=O)OCC1c2ccccc2-c2ccccc21. The standard InChI is InChI=1S/C63H99NO11/c1-7-11-15-19-21-25-32-48(31-23-17-13-9-3)43-50(39-40-56(65)66)62(71)75-60(61(70)64-42-41-57(67)73-46-55-53-37-29-27-35-51(53)52-36-28-30-38-54(52)55)63(5,6)47-74-59(69)44-58(68)72-45-49(33-24-18-14-10-4)34-26-22-20-16-12-8-2/h27-30,35-38,48-50,55,60H,7-26,31-34,39-47H2,1-6H3,(H,64,70)(H,65,66). The van der Waals surface area contributed by atoms with E-state index in [0.29, 0.717) is 6.42 Å². The highest BCUT2D eigenvalue weighted by Gasteiger charge is 2.42. The summed E-state index contributed by atoms with van der Waals surface area (Å²) >= 11 is 0. The van der Waals surface area contributed by atoms with Gasteiger partial charge in [0.15, 0.2) is 6.10 Å². The molecule has 2 aromatic carbocycles. The van der Waals surface area contributed by atoms with E-state index in [9.17, 15) is 33.9 Å². The minimum Gasteiger partial charge on any atom is -0.481 e. The van der Waals surface area contributed by atoms with Crippen molar-refractivity contribution in [2.24, 2.45) is 23.2 Å². The quantitative estimate of drug-likeness (QED) is 0.0280. The molecule has 0 heterocycles. The summed E-state index contributed by atoms with van der Waals surface area (Å²) in [5, 5.41) is 12.6. The minimum atomic E-state index is -1.50. The van der Waals surface area contributed by atoms with E-state index in [-0.39, 0.29) is 63.4 Å². The van der Waals surface area contributed by atoms with Crippen molar-refractivity contribution < 1.29 is 52.8 Å². The largest absolute Gasteiger partial charge is 0.481 e. The van der Waals surface area contributed by atoms with Gasteiger partial charge < -0.3 is 29.4 Å². The van der Waals surface area contributed by atoms with Gasteiger partial charge in [-0.3, -0.25) is 28.8 Å². The van der Waals surface area contributed by atoms with E-state index >= 15 is 0 Å². The molecule has 0 fully saturated rings. The van der Waals surface area contributed by atoms with E-state index in [2.05, 4.69) is 45.1 Å². The van der Waals surface area contributed by atoms with Crippen LogP contribution >= 0.6 is 0 Å². The summed E-state index contributed by atoms with van der Waals surface area (Å²) in [5.74, 6) is -4.99. The fraction of sp³-hybridized carbons (Fsp3) is 0.714. The van der Waals surface area contributed by atoms with Gasteiger partial charge in [0.05, 0.1) is 18.9 Å². The van der Waals surface area contributed by atoms with E-state index in [1.807, 2.05) is 36.4 Å². The molecule has 2 N–H and O–H groups in total. The fourth-order valence-electron chi connectivity index (χ4n) is 10.5. The maximum atomic E-state index is 14.4. The van der Waals surface area contributed by atoms with E-state index in [1.165, 1.54) is 44.9 Å².